The number of aliphatic hydroxyl groups is 1. The summed E-state index contributed by atoms with van der Waals surface area (Å²) < 4.78 is 7.37. The first-order chi connectivity index (χ1) is 15.2. The fraction of sp³-hybridized carbons (Fsp3) is 0.364. The zero-order valence-corrected chi connectivity index (χ0v) is 17.9. The minimum atomic E-state index is -1.73. The van der Waals surface area contributed by atoms with E-state index in [1.165, 1.54) is 16.6 Å². The minimum Gasteiger partial charge on any atom is -0.491 e. The SMILES string of the molecule is CNC(=O)c1c(C(N)=O)nn2c1C(C)COc1ccc(C#C[C@]3(O)CCN(C)C3=O)cc1-2. The van der Waals surface area contributed by atoms with Crippen molar-refractivity contribution < 1.29 is 24.2 Å². The predicted octanol–water partition coefficient (Wildman–Crippen LogP) is -0.229. The second-order valence-corrected chi connectivity index (χ2v) is 7.95. The number of aromatic nitrogens is 2. The number of benzene rings is 1. The van der Waals surface area contributed by atoms with E-state index in [9.17, 15) is 19.5 Å². The molecule has 1 aromatic carbocycles. The van der Waals surface area contributed by atoms with Crippen LogP contribution in [0.5, 0.6) is 5.75 Å². The van der Waals surface area contributed by atoms with Gasteiger partial charge in [-0.25, -0.2) is 4.68 Å². The number of rotatable bonds is 2. The van der Waals surface area contributed by atoms with Gasteiger partial charge in [0.05, 0.1) is 17.9 Å². The summed E-state index contributed by atoms with van der Waals surface area (Å²) in [4.78, 5) is 38.2. The van der Waals surface area contributed by atoms with Crippen molar-refractivity contribution in [3.05, 3.63) is 40.7 Å². The fourth-order valence-electron chi connectivity index (χ4n) is 3.91. The summed E-state index contributed by atoms with van der Waals surface area (Å²) >= 11 is 0. The van der Waals surface area contributed by atoms with E-state index in [-0.39, 0.29) is 30.2 Å². The van der Waals surface area contributed by atoms with Crippen LogP contribution in [0, 0.1) is 11.8 Å². The second-order valence-electron chi connectivity index (χ2n) is 7.95. The van der Waals surface area contributed by atoms with Crippen LogP contribution in [0.15, 0.2) is 18.2 Å². The average Bonchev–Trinajstić information content (AvgIpc) is 3.26. The highest BCUT2D eigenvalue weighted by Gasteiger charge is 2.42. The summed E-state index contributed by atoms with van der Waals surface area (Å²) in [6.45, 7) is 2.54. The zero-order valence-electron chi connectivity index (χ0n) is 17.9. The Morgan fingerprint density at radius 2 is 2.16 bits per heavy atom. The molecular weight excluding hydrogens is 414 g/mol. The van der Waals surface area contributed by atoms with Crippen LogP contribution in [0.4, 0.5) is 0 Å². The summed E-state index contributed by atoms with van der Waals surface area (Å²) in [5, 5.41) is 17.4. The largest absolute Gasteiger partial charge is 0.491 e. The van der Waals surface area contributed by atoms with E-state index in [4.69, 9.17) is 10.5 Å². The Kier molecular flexibility index (Phi) is 5.14. The number of fused-ring (bicyclic) bond motifs is 3. The van der Waals surface area contributed by atoms with Gasteiger partial charge in [0.15, 0.2) is 5.69 Å². The number of ether oxygens (including phenoxy) is 1. The first-order valence-corrected chi connectivity index (χ1v) is 10.1. The van der Waals surface area contributed by atoms with Crippen molar-refractivity contribution in [2.24, 2.45) is 5.73 Å². The highest BCUT2D eigenvalue weighted by Crippen LogP contribution is 2.35. The summed E-state index contributed by atoms with van der Waals surface area (Å²) in [5.74, 6) is 4.02. The third-order valence-corrected chi connectivity index (χ3v) is 5.67. The standard InChI is InChI=1S/C22H23N5O5/c1-12-11-32-15-5-4-13(6-7-22(31)8-9-26(3)21(22)30)10-14(15)27-18(12)16(20(29)24-2)17(25-27)19(23)28/h4-5,10,12,31H,8-9,11H2,1-3H3,(H2,23,28)(H,24,29)/t12?,22-/m0/s1. The molecule has 0 saturated carbocycles. The topological polar surface area (TPSA) is 140 Å². The van der Waals surface area contributed by atoms with Gasteiger partial charge in [0.25, 0.3) is 17.7 Å². The molecule has 32 heavy (non-hydrogen) atoms. The molecule has 1 fully saturated rings. The highest BCUT2D eigenvalue weighted by atomic mass is 16.5. The Morgan fingerprint density at radius 3 is 2.78 bits per heavy atom. The number of carbonyl (C=O) groups is 3. The molecular formula is C22H23N5O5. The van der Waals surface area contributed by atoms with Gasteiger partial charge in [-0.15, -0.1) is 0 Å². The summed E-state index contributed by atoms with van der Waals surface area (Å²) in [5.41, 5.74) is 5.20. The lowest BCUT2D eigenvalue weighted by atomic mass is 10.0. The van der Waals surface area contributed by atoms with Crippen LogP contribution in [0.1, 0.15) is 51.4 Å². The quantitative estimate of drug-likeness (QED) is 0.555. The van der Waals surface area contributed by atoms with E-state index in [0.717, 1.165) is 0 Å². The van der Waals surface area contributed by atoms with Crippen molar-refractivity contribution in [1.29, 1.82) is 0 Å². The van der Waals surface area contributed by atoms with E-state index >= 15 is 0 Å². The summed E-state index contributed by atoms with van der Waals surface area (Å²) in [7, 11) is 3.08. The first-order valence-electron chi connectivity index (χ1n) is 10.1. The number of hydrogen-bond donors (Lipinski definition) is 3. The molecule has 10 heteroatoms. The van der Waals surface area contributed by atoms with Gasteiger partial charge in [-0.3, -0.25) is 14.4 Å². The lowest BCUT2D eigenvalue weighted by molar-refractivity contribution is -0.137. The van der Waals surface area contributed by atoms with Gasteiger partial charge in [-0.05, 0) is 18.2 Å². The Balaban J connectivity index is 1.85. The fourth-order valence-corrected chi connectivity index (χ4v) is 3.91. The monoisotopic (exact) mass is 437 g/mol. The normalized spacial score (nSPS) is 21.6. The Bertz CT molecular complexity index is 1210. The maximum absolute atomic E-state index is 12.6. The van der Waals surface area contributed by atoms with E-state index in [0.29, 0.717) is 29.2 Å². The number of primary amides is 1. The second kappa shape index (κ2) is 7.69. The van der Waals surface area contributed by atoms with Gasteiger partial charge in [0.1, 0.15) is 11.4 Å². The molecule has 1 unspecified atom stereocenters. The number of likely N-dealkylation sites (tertiary alicyclic amines) is 1. The molecule has 4 N–H and O–H groups in total. The molecule has 3 heterocycles. The van der Waals surface area contributed by atoms with Crippen LogP contribution in [-0.4, -0.2) is 70.4 Å². The number of nitrogens with two attached hydrogens (primary N) is 1. The van der Waals surface area contributed by atoms with Crippen molar-refractivity contribution in [2.45, 2.75) is 24.9 Å². The van der Waals surface area contributed by atoms with Crippen LogP contribution in [0.3, 0.4) is 0 Å². The van der Waals surface area contributed by atoms with E-state index < -0.39 is 23.3 Å². The number of nitrogens with one attached hydrogen (secondary N) is 1. The maximum Gasteiger partial charge on any atom is 0.270 e. The number of nitrogens with zero attached hydrogens (tertiary/aromatic N) is 3. The smallest absolute Gasteiger partial charge is 0.270 e. The lowest BCUT2D eigenvalue weighted by Crippen LogP contribution is -2.37. The third kappa shape index (κ3) is 3.36. The molecule has 0 aliphatic carbocycles. The van der Waals surface area contributed by atoms with Crippen LogP contribution in [-0.2, 0) is 4.79 Å². The Labute approximate surface area is 184 Å². The molecule has 4 rings (SSSR count). The number of amides is 3. The van der Waals surface area contributed by atoms with Gasteiger partial charge >= 0.3 is 0 Å². The zero-order chi connectivity index (χ0) is 23.2. The Hall–Kier alpha value is -3.84. The Morgan fingerprint density at radius 1 is 1.41 bits per heavy atom. The number of carbonyl (C=O) groups excluding carboxylic acids is 3. The molecule has 1 aromatic heterocycles. The van der Waals surface area contributed by atoms with Gasteiger partial charge < -0.3 is 25.8 Å². The molecule has 10 nitrogen and oxygen atoms in total. The maximum atomic E-state index is 12.6. The van der Waals surface area contributed by atoms with Gasteiger partial charge in [-0.1, -0.05) is 18.8 Å². The van der Waals surface area contributed by atoms with Gasteiger partial charge in [-0.2, -0.15) is 5.10 Å². The van der Waals surface area contributed by atoms with Crippen LogP contribution < -0.4 is 15.8 Å². The molecule has 1 saturated heterocycles. The summed E-state index contributed by atoms with van der Waals surface area (Å²) in [6.07, 6.45) is 0.224. The van der Waals surface area contributed by atoms with Crippen molar-refractivity contribution in [3.63, 3.8) is 0 Å². The van der Waals surface area contributed by atoms with Crippen molar-refractivity contribution in [1.82, 2.24) is 20.0 Å². The predicted molar refractivity (Wildman–Crippen MR) is 113 cm³/mol. The van der Waals surface area contributed by atoms with Crippen molar-refractivity contribution in [3.8, 4) is 23.3 Å². The first kappa shape index (κ1) is 21.4. The lowest BCUT2D eigenvalue weighted by Gasteiger charge is -2.13. The molecule has 2 atom stereocenters. The molecule has 2 aliphatic heterocycles. The minimum absolute atomic E-state index is 0.106. The van der Waals surface area contributed by atoms with E-state index in [1.54, 1.807) is 25.2 Å². The van der Waals surface area contributed by atoms with Crippen molar-refractivity contribution >= 4 is 17.7 Å². The third-order valence-electron chi connectivity index (χ3n) is 5.67. The molecule has 0 spiro atoms. The van der Waals surface area contributed by atoms with Crippen LogP contribution >= 0.6 is 0 Å². The molecule has 3 amide bonds. The van der Waals surface area contributed by atoms with Gasteiger partial charge in [0, 0.05) is 38.5 Å². The number of hydrogen-bond acceptors (Lipinski definition) is 6. The molecule has 0 bridgehead atoms. The average molecular weight is 437 g/mol. The van der Waals surface area contributed by atoms with E-state index in [1.807, 2.05) is 6.92 Å². The highest BCUT2D eigenvalue weighted by molar-refractivity contribution is 6.06. The van der Waals surface area contributed by atoms with Crippen molar-refractivity contribution in [2.75, 3.05) is 27.2 Å². The summed E-state index contributed by atoms with van der Waals surface area (Å²) in [6, 6.07) is 5.06. The van der Waals surface area contributed by atoms with Crippen LogP contribution in [0.25, 0.3) is 5.69 Å². The number of likely N-dealkylation sites (N-methyl/N-ethyl adjacent to an activating group) is 1. The van der Waals surface area contributed by atoms with Crippen LogP contribution in [0.2, 0.25) is 0 Å². The molecule has 2 aromatic rings. The van der Waals surface area contributed by atoms with E-state index in [2.05, 4.69) is 22.3 Å². The molecule has 166 valence electrons. The molecule has 2 aliphatic rings. The molecule has 0 radical (unpaired) electrons. The van der Waals surface area contributed by atoms with Gasteiger partial charge in [0.2, 0.25) is 5.60 Å².